The molecule has 8 nitrogen and oxygen atoms in total. The molecule has 1 saturated heterocycles. The number of hydrazine groups is 1. The first kappa shape index (κ1) is 17.5. The second-order valence-electron chi connectivity index (χ2n) is 5.86. The minimum absolute atomic E-state index is 0.379. The van der Waals surface area contributed by atoms with E-state index in [9.17, 15) is 19.2 Å². The van der Waals surface area contributed by atoms with E-state index in [0.29, 0.717) is 10.6 Å². The number of rotatable bonds is 5. The Kier molecular flexibility index (Phi) is 4.87. The highest BCUT2D eigenvalue weighted by Gasteiger charge is 2.49. The highest BCUT2D eigenvalue weighted by atomic mass is 16.5. The Labute approximate surface area is 139 Å². The lowest BCUT2D eigenvalue weighted by Gasteiger charge is -2.22. The minimum atomic E-state index is -1.28. The average molecular weight is 333 g/mol. The van der Waals surface area contributed by atoms with Gasteiger partial charge in [-0.05, 0) is 12.5 Å². The van der Waals surface area contributed by atoms with Crippen molar-refractivity contribution in [2.75, 3.05) is 6.61 Å². The third-order valence-corrected chi connectivity index (χ3v) is 3.60. The van der Waals surface area contributed by atoms with Crippen LogP contribution in [0.15, 0.2) is 30.3 Å². The number of carbonyl (C=O) groups excluding carboxylic acids is 4. The summed E-state index contributed by atoms with van der Waals surface area (Å²) < 4.78 is 4.76. The van der Waals surface area contributed by atoms with Crippen LogP contribution in [0.5, 0.6) is 0 Å². The number of hydrogen-bond acceptors (Lipinski definition) is 5. The summed E-state index contributed by atoms with van der Waals surface area (Å²) in [7, 11) is 0. The van der Waals surface area contributed by atoms with Crippen molar-refractivity contribution in [3.63, 3.8) is 0 Å². The maximum atomic E-state index is 12.5. The summed E-state index contributed by atoms with van der Waals surface area (Å²) in [5.74, 6) is -2.32. The Morgan fingerprint density at radius 2 is 1.88 bits per heavy atom. The van der Waals surface area contributed by atoms with Gasteiger partial charge in [0.2, 0.25) is 0 Å². The van der Waals surface area contributed by atoms with Crippen LogP contribution in [-0.4, -0.2) is 35.4 Å². The van der Waals surface area contributed by atoms with Crippen molar-refractivity contribution in [1.82, 2.24) is 15.8 Å². The number of urea groups is 1. The molecule has 0 saturated carbocycles. The second kappa shape index (κ2) is 6.69. The van der Waals surface area contributed by atoms with Gasteiger partial charge in [0, 0.05) is 0 Å². The van der Waals surface area contributed by atoms with Gasteiger partial charge < -0.3 is 10.1 Å². The smallest absolute Gasteiger partial charge is 0.344 e. The molecule has 0 aromatic heterocycles. The Bertz CT molecular complexity index is 674. The SMILES string of the molecule is CC(C)C(=O)OCC(=O)NN1C(=O)N[C@](C)(c2ccccc2)C1=O. The van der Waals surface area contributed by atoms with E-state index in [1.54, 1.807) is 51.1 Å². The van der Waals surface area contributed by atoms with Crippen LogP contribution in [0.1, 0.15) is 26.3 Å². The molecule has 128 valence electrons. The molecule has 4 amide bonds. The number of imide groups is 1. The fraction of sp³-hybridized carbons (Fsp3) is 0.375. The lowest BCUT2D eigenvalue weighted by Crippen LogP contribution is -2.49. The number of hydrogen-bond donors (Lipinski definition) is 2. The highest BCUT2D eigenvalue weighted by Crippen LogP contribution is 2.27. The van der Waals surface area contributed by atoms with Crippen molar-refractivity contribution < 1.29 is 23.9 Å². The molecule has 24 heavy (non-hydrogen) atoms. The van der Waals surface area contributed by atoms with Crippen LogP contribution in [0.2, 0.25) is 0 Å². The lowest BCUT2D eigenvalue weighted by atomic mass is 9.92. The zero-order valence-electron chi connectivity index (χ0n) is 13.7. The lowest BCUT2D eigenvalue weighted by molar-refractivity contribution is -0.153. The van der Waals surface area contributed by atoms with E-state index >= 15 is 0 Å². The normalized spacial score (nSPS) is 20.1. The van der Waals surface area contributed by atoms with Gasteiger partial charge in [-0.2, -0.15) is 5.01 Å². The van der Waals surface area contributed by atoms with Crippen LogP contribution in [0.3, 0.4) is 0 Å². The molecule has 1 atom stereocenters. The predicted molar refractivity (Wildman–Crippen MR) is 83.1 cm³/mol. The van der Waals surface area contributed by atoms with Gasteiger partial charge in [0.05, 0.1) is 5.92 Å². The van der Waals surface area contributed by atoms with E-state index in [2.05, 4.69) is 10.7 Å². The molecular formula is C16H19N3O5. The summed E-state index contributed by atoms with van der Waals surface area (Å²) in [6.07, 6.45) is 0. The standard InChI is InChI=1S/C16H19N3O5/c1-10(2)13(21)24-9-12(20)18-19-14(22)16(3,17-15(19)23)11-7-5-4-6-8-11/h4-8,10H,9H2,1-3H3,(H,17,23)(H,18,20)/t16-/m1/s1. The molecule has 0 bridgehead atoms. The molecule has 8 heteroatoms. The zero-order chi connectivity index (χ0) is 17.9. The van der Waals surface area contributed by atoms with Gasteiger partial charge in [0.15, 0.2) is 6.61 Å². The van der Waals surface area contributed by atoms with Crippen LogP contribution < -0.4 is 10.7 Å². The Balaban J connectivity index is 2.04. The van der Waals surface area contributed by atoms with Crippen LogP contribution in [0.25, 0.3) is 0 Å². The van der Waals surface area contributed by atoms with Crippen LogP contribution >= 0.6 is 0 Å². The van der Waals surface area contributed by atoms with E-state index in [-0.39, 0.29) is 5.92 Å². The largest absolute Gasteiger partial charge is 0.455 e. The fourth-order valence-electron chi connectivity index (χ4n) is 2.17. The predicted octanol–water partition coefficient (Wildman–Crippen LogP) is 0.684. The fourth-order valence-corrected chi connectivity index (χ4v) is 2.17. The molecule has 1 fully saturated rings. The average Bonchev–Trinajstić information content (AvgIpc) is 2.77. The molecule has 2 N–H and O–H groups in total. The van der Waals surface area contributed by atoms with Crippen LogP contribution in [0.4, 0.5) is 4.79 Å². The first-order chi connectivity index (χ1) is 11.3. The monoisotopic (exact) mass is 333 g/mol. The Morgan fingerprint density at radius 3 is 2.46 bits per heavy atom. The minimum Gasteiger partial charge on any atom is -0.455 e. The molecular weight excluding hydrogens is 314 g/mol. The van der Waals surface area contributed by atoms with Crippen molar-refractivity contribution in [3.8, 4) is 0 Å². The third kappa shape index (κ3) is 3.37. The summed E-state index contributed by atoms with van der Waals surface area (Å²) in [5, 5.41) is 3.15. The van der Waals surface area contributed by atoms with Crippen LogP contribution in [0, 0.1) is 5.92 Å². The topological polar surface area (TPSA) is 105 Å². The maximum absolute atomic E-state index is 12.5. The van der Waals surface area contributed by atoms with Gasteiger partial charge in [0.25, 0.3) is 11.8 Å². The molecule has 0 radical (unpaired) electrons. The van der Waals surface area contributed by atoms with E-state index in [1.807, 2.05) is 0 Å². The number of esters is 1. The number of benzene rings is 1. The van der Waals surface area contributed by atoms with Gasteiger partial charge >= 0.3 is 12.0 Å². The summed E-state index contributed by atoms with van der Waals surface area (Å²) in [5.41, 5.74) is 1.46. The number of ether oxygens (including phenoxy) is 1. The van der Waals surface area contributed by atoms with Crippen molar-refractivity contribution in [1.29, 1.82) is 0 Å². The van der Waals surface area contributed by atoms with Crippen molar-refractivity contribution in [2.45, 2.75) is 26.3 Å². The summed E-state index contributed by atoms with van der Waals surface area (Å²) in [4.78, 5) is 47.7. The van der Waals surface area contributed by atoms with Gasteiger partial charge in [-0.3, -0.25) is 19.8 Å². The van der Waals surface area contributed by atoms with Gasteiger partial charge in [-0.15, -0.1) is 0 Å². The molecule has 1 aliphatic heterocycles. The number of nitrogens with one attached hydrogen (secondary N) is 2. The summed E-state index contributed by atoms with van der Waals surface area (Å²) in [6, 6.07) is 7.92. The zero-order valence-corrected chi connectivity index (χ0v) is 13.7. The number of nitrogens with zero attached hydrogens (tertiary/aromatic N) is 1. The first-order valence-electron chi connectivity index (χ1n) is 7.44. The van der Waals surface area contributed by atoms with E-state index in [4.69, 9.17) is 4.74 Å². The molecule has 1 heterocycles. The van der Waals surface area contributed by atoms with Gasteiger partial charge in [-0.25, -0.2) is 4.79 Å². The van der Waals surface area contributed by atoms with E-state index in [0.717, 1.165) is 0 Å². The van der Waals surface area contributed by atoms with E-state index in [1.165, 1.54) is 0 Å². The molecule has 2 rings (SSSR count). The second-order valence-corrected chi connectivity index (χ2v) is 5.86. The summed E-state index contributed by atoms with van der Waals surface area (Å²) >= 11 is 0. The molecule has 1 aromatic rings. The summed E-state index contributed by atoms with van der Waals surface area (Å²) in [6.45, 7) is 4.23. The molecule has 0 spiro atoms. The quantitative estimate of drug-likeness (QED) is 0.609. The Hall–Kier alpha value is -2.90. The van der Waals surface area contributed by atoms with Crippen molar-refractivity contribution in [3.05, 3.63) is 35.9 Å². The molecule has 1 aliphatic rings. The van der Waals surface area contributed by atoms with Crippen molar-refractivity contribution in [2.24, 2.45) is 5.92 Å². The third-order valence-electron chi connectivity index (χ3n) is 3.60. The highest BCUT2D eigenvalue weighted by molar-refractivity contribution is 6.08. The van der Waals surface area contributed by atoms with Crippen LogP contribution in [-0.2, 0) is 24.7 Å². The number of amides is 4. The molecule has 0 aliphatic carbocycles. The first-order valence-corrected chi connectivity index (χ1v) is 7.44. The molecule has 1 aromatic carbocycles. The van der Waals surface area contributed by atoms with Crippen molar-refractivity contribution >= 4 is 23.8 Å². The maximum Gasteiger partial charge on any atom is 0.344 e. The molecule has 0 unspecified atom stereocenters. The van der Waals surface area contributed by atoms with E-state index < -0.39 is 36.0 Å². The number of carbonyl (C=O) groups is 4. The Morgan fingerprint density at radius 1 is 1.25 bits per heavy atom. The van der Waals surface area contributed by atoms with Gasteiger partial charge in [-0.1, -0.05) is 44.2 Å². The van der Waals surface area contributed by atoms with Gasteiger partial charge in [0.1, 0.15) is 5.54 Å².